The van der Waals surface area contributed by atoms with Crippen molar-refractivity contribution in [1.82, 2.24) is 0 Å². The molecule has 2 saturated heterocycles. The van der Waals surface area contributed by atoms with Crippen molar-refractivity contribution < 1.29 is 38.1 Å². The highest BCUT2D eigenvalue weighted by atomic mass is 16.7. The molecule has 4 unspecified atom stereocenters. The number of carbonyl (C=O) groups excluding carboxylic acids is 4. The first kappa shape index (κ1) is 19.1. The molecule has 3 aliphatic heterocycles. The highest BCUT2D eigenvalue weighted by Gasteiger charge is 2.72. The van der Waals surface area contributed by atoms with E-state index < -0.39 is 53.6 Å². The van der Waals surface area contributed by atoms with Crippen LogP contribution in [0.1, 0.15) is 13.8 Å². The van der Waals surface area contributed by atoms with Crippen LogP contribution in [0.3, 0.4) is 0 Å². The van der Waals surface area contributed by atoms with E-state index in [4.69, 9.17) is 18.9 Å². The summed E-state index contributed by atoms with van der Waals surface area (Å²) in [6, 6.07) is 6.50. The zero-order chi connectivity index (χ0) is 20.9. The molecule has 0 spiro atoms. The van der Waals surface area contributed by atoms with Gasteiger partial charge >= 0.3 is 11.9 Å². The maximum absolute atomic E-state index is 13.3. The van der Waals surface area contributed by atoms with E-state index in [1.807, 2.05) is 0 Å². The van der Waals surface area contributed by atoms with Crippen molar-refractivity contribution in [3.05, 3.63) is 36.4 Å². The fourth-order valence-corrected chi connectivity index (χ4v) is 4.20. The van der Waals surface area contributed by atoms with Gasteiger partial charge in [0, 0.05) is 13.8 Å². The predicted octanol–water partition coefficient (Wildman–Crippen LogP) is 0.960. The molecule has 9 nitrogen and oxygen atoms in total. The van der Waals surface area contributed by atoms with Crippen molar-refractivity contribution >= 4 is 29.4 Å². The van der Waals surface area contributed by atoms with Gasteiger partial charge in [0.25, 0.3) is 6.29 Å². The Kier molecular flexibility index (Phi) is 4.42. The minimum absolute atomic E-state index is 0.390. The van der Waals surface area contributed by atoms with Crippen LogP contribution in [0.2, 0.25) is 0 Å². The van der Waals surface area contributed by atoms with Crippen LogP contribution in [0.25, 0.3) is 0 Å². The number of fused-ring (bicyclic) bond motifs is 5. The monoisotopic (exact) mass is 401 g/mol. The minimum atomic E-state index is -1.55. The smallest absolute Gasteiger partial charge is 0.305 e. The number of benzene rings is 1. The van der Waals surface area contributed by atoms with Crippen LogP contribution in [-0.2, 0) is 33.4 Å². The van der Waals surface area contributed by atoms with E-state index in [-0.39, 0.29) is 0 Å². The lowest BCUT2D eigenvalue weighted by Crippen LogP contribution is -2.52. The van der Waals surface area contributed by atoms with Crippen molar-refractivity contribution in [3.8, 4) is 5.75 Å². The van der Waals surface area contributed by atoms with Crippen molar-refractivity contribution in [2.24, 2.45) is 11.8 Å². The number of hydrogen-bond donors (Lipinski definition) is 0. The SMILES string of the molecule is COc1ccc(N2C(=O)C3C4C=CC(C(OC(C)=O)OC(C)=O)(O4)C3C2=O)cc1. The van der Waals surface area contributed by atoms with Crippen LogP contribution in [0.5, 0.6) is 5.75 Å². The predicted molar refractivity (Wildman–Crippen MR) is 96.5 cm³/mol. The number of imide groups is 1. The molecule has 1 aromatic rings. The summed E-state index contributed by atoms with van der Waals surface area (Å²) >= 11 is 0. The maximum Gasteiger partial charge on any atom is 0.305 e. The molecule has 2 bridgehead atoms. The summed E-state index contributed by atoms with van der Waals surface area (Å²) in [6.07, 6.45) is 0.997. The van der Waals surface area contributed by atoms with Gasteiger partial charge in [-0.15, -0.1) is 0 Å². The van der Waals surface area contributed by atoms with Gasteiger partial charge in [0.1, 0.15) is 5.75 Å². The summed E-state index contributed by atoms with van der Waals surface area (Å²) in [6.45, 7) is 2.31. The van der Waals surface area contributed by atoms with E-state index in [1.54, 1.807) is 30.3 Å². The van der Waals surface area contributed by atoms with Crippen LogP contribution in [-0.4, -0.2) is 48.9 Å². The van der Waals surface area contributed by atoms with E-state index in [1.165, 1.54) is 13.2 Å². The van der Waals surface area contributed by atoms with E-state index >= 15 is 0 Å². The van der Waals surface area contributed by atoms with Gasteiger partial charge in [0.2, 0.25) is 11.8 Å². The van der Waals surface area contributed by atoms with Gasteiger partial charge < -0.3 is 18.9 Å². The zero-order valence-electron chi connectivity index (χ0n) is 16.0. The Labute approximate surface area is 166 Å². The molecule has 2 fully saturated rings. The molecule has 4 rings (SSSR count). The molecule has 0 N–H and O–H groups in total. The first-order valence-electron chi connectivity index (χ1n) is 9.02. The van der Waals surface area contributed by atoms with Crippen molar-refractivity contribution in [2.45, 2.75) is 31.8 Å². The Bertz CT molecular complexity index is 907. The Morgan fingerprint density at radius 3 is 2.24 bits per heavy atom. The summed E-state index contributed by atoms with van der Waals surface area (Å²) in [7, 11) is 1.51. The number of esters is 2. The normalized spacial score (nSPS) is 29.4. The fourth-order valence-electron chi connectivity index (χ4n) is 4.20. The van der Waals surface area contributed by atoms with Gasteiger partial charge in [-0.25, -0.2) is 4.90 Å². The van der Waals surface area contributed by atoms with Crippen LogP contribution < -0.4 is 9.64 Å². The average Bonchev–Trinajstić information content (AvgIpc) is 3.32. The number of ether oxygens (including phenoxy) is 4. The first-order valence-corrected chi connectivity index (χ1v) is 9.02. The lowest BCUT2D eigenvalue weighted by molar-refractivity contribution is -0.226. The third-order valence-electron chi connectivity index (χ3n) is 5.32. The van der Waals surface area contributed by atoms with Crippen LogP contribution in [0.4, 0.5) is 5.69 Å². The number of methoxy groups -OCH3 is 1. The van der Waals surface area contributed by atoms with Gasteiger partial charge in [-0.2, -0.15) is 0 Å². The zero-order valence-corrected chi connectivity index (χ0v) is 16.0. The largest absolute Gasteiger partial charge is 0.497 e. The number of rotatable bonds is 5. The molecule has 2 amide bonds. The van der Waals surface area contributed by atoms with Crippen LogP contribution in [0, 0.1) is 11.8 Å². The standard InChI is InChI=1S/C20H19NO8/c1-10(22)27-19(28-11(2)23)20-9-8-14(29-20)15-16(20)18(25)21(17(15)24)12-4-6-13(26-3)7-5-12/h4-9,14-16,19H,1-3H3. The fraction of sp³-hybridized carbons (Fsp3) is 0.400. The van der Waals surface area contributed by atoms with E-state index in [0.29, 0.717) is 11.4 Å². The molecule has 0 radical (unpaired) electrons. The molecule has 3 heterocycles. The molecular weight excluding hydrogens is 382 g/mol. The van der Waals surface area contributed by atoms with E-state index in [2.05, 4.69) is 0 Å². The van der Waals surface area contributed by atoms with Gasteiger partial charge in [-0.3, -0.25) is 19.2 Å². The molecule has 9 heteroatoms. The lowest BCUT2D eigenvalue weighted by atomic mass is 9.76. The van der Waals surface area contributed by atoms with Gasteiger partial charge in [-0.1, -0.05) is 6.08 Å². The Balaban J connectivity index is 1.72. The molecule has 0 aromatic heterocycles. The Morgan fingerprint density at radius 1 is 1.07 bits per heavy atom. The lowest BCUT2D eigenvalue weighted by Gasteiger charge is -2.34. The molecule has 0 saturated carbocycles. The highest BCUT2D eigenvalue weighted by Crippen LogP contribution is 2.54. The number of amides is 2. The Hall–Kier alpha value is -3.20. The summed E-state index contributed by atoms with van der Waals surface area (Å²) < 4.78 is 21.4. The van der Waals surface area contributed by atoms with Gasteiger partial charge in [0.15, 0.2) is 5.60 Å². The van der Waals surface area contributed by atoms with E-state index in [9.17, 15) is 19.2 Å². The topological polar surface area (TPSA) is 108 Å². The molecule has 4 atom stereocenters. The summed E-state index contributed by atoms with van der Waals surface area (Å²) in [5, 5.41) is 0. The maximum atomic E-state index is 13.3. The molecule has 29 heavy (non-hydrogen) atoms. The van der Waals surface area contributed by atoms with Crippen molar-refractivity contribution in [1.29, 1.82) is 0 Å². The van der Waals surface area contributed by atoms with Crippen LogP contribution >= 0.6 is 0 Å². The molecular formula is C20H19NO8. The minimum Gasteiger partial charge on any atom is -0.497 e. The summed E-state index contributed by atoms with van der Waals surface area (Å²) in [5.74, 6) is -3.57. The summed E-state index contributed by atoms with van der Waals surface area (Å²) in [5.41, 5.74) is -1.16. The van der Waals surface area contributed by atoms with Gasteiger partial charge in [0.05, 0.1) is 30.7 Å². The quantitative estimate of drug-likeness (QED) is 0.311. The van der Waals surface area contributed by atoms with Gasteiger partial charge in [-0.05, 0) is 30.3 Å². The molecule has 0 aliphatic carbocycles. The van der Waals surface area contributed by atoms with Crippen LogP contribution in [0.15, 0.2) is 36.4 Å². The van der Waals surface area contributed by atoms with E-state index in [0.717, 1.165) is 18.7 Å². The number of carbonyl (C=O) groups is 4. The number of nitrogens with zero attached hydrogens (tertiary/aromatic N) is 1. The highest BCUT2D eigenvalue weighted by molar-refractivity contribution is 6.23. The average molecular weight is 401 g/mol. The second-order valence-electron chi connectivity index (χ2n) is 7.06. The van der Waals surface area contributed by atoms with Crippen molar-refractivity contribution in [2.75, 3.05) is 12.0 Å². The molecule has 3 aliphatic rings. The number of anilines is 1. The first-order chi connectivity index (χ1) is 13.8. The second-order valence-corrected chi connectivity index (χ2v) is 7.06. The Morgan fingerprint density at radius 2 is 1.69 bits per heavy atom. The number of hydrogen-bond acceptors (Lipinski definition) is 8. The second kappa shape index (κ2) is 6.70. The molecule has 152 valence electrons. The third-order valence-corrected chi connectivity index (χ3v) is 5.32. The molecule has 1 aromatic carbocycles. The van der Waals surface area contributed by atoms with Crippen molar-refractivity contribution in [3.63, 3.8) is 0 Å². The third kappa shape index (κ3) is 2.80. The summed E-state index contributed by atoms with van der Waals surface area (Å²) in [4.78, 5) is 50.6.